The Labute approximate surface area is 105 Å². The molecule has 0 aliphatic heterocycles. The quantitative estimate of drug-likeness (QED) is 0.635. The molecule has 0 bridgehead atoms. The van der Waals surface area contributed by atoms with Gasteiger partial charge in [-0.2, -0.15) is 0 Å². The Balaban J connectivity index is 2.21. The molecule has 0 spiro atoms. The van der Waals surface area contributed by atoms with Crippen LogP contribution in [0.1, 0.15) is 5.76 Å². The van der Waals surface area contributed by atoms with E-state index in [-0.39, 0.29) is 19.0 Å². The van der Waals surface area contributed by atoms with E-state index in [9.17, 15) is 9.59 Å². The zero-order valence-electron chi connectivity index (χ0n) is 10.3. The molecule has 1 aromatic rings. The summed E-state index contributed by atoms with van der Waals surface area (Å²) in [5.74, 6) is 0.251. The molecule has 0 aliphatic carbocycles. The van der Waals surface area contributed by atoms with Crippen LogP contribution in [0.5, 0.6) is 0 Å². The second kappa shape index (κ2) is 7.46. The van der Waals surface area contributed by atoms with Crippen LogP contribution in [0.25, 0.3) is 0 Å². The first-order valence-corrected chi connectivity index (χ1v) is 5.60. The average molecular weight is 254 g/mol. The Bertz CT molecular complexity index is 378. The monoisotopic (exact) mass is 254 g/mol. The summed E-state index contributed by atoms with van der Waals surface area (Å²) in [6.07, 6.45) is 1.52. The molecule has 0 atom stereocenters. The van der Waals surface area contributed by atoms with E-state index >= 15 is 0 Å². The molecule has 1 rings (SSSR count). The second-order valence-corrected chi connectivity index (χ2v) is 3.84. The summed E-state index contributed by atoms with van der Waals surface area (Å²) in [6, 6.07) is 2.91. The van der Waals surface area contributed by atoms with E-state index in [1.807, 2.05) is 0 Å². The van der Waals surface area contributed by atoms with Gasteiger partial charge in [0, 0.05) is 13.1 Å². The molecule has 100 valence electrons. The van der Waals surface area contributed by atoms with Crippen LogP contribution in [0.2, 0.25) is 0 Å². The predicted octanol–water partition coefficient (Wildman–Crippen LogP) is -0.504. The van der Waals surface area contributed by atoms with Crippen LogP contribution in [-0.2, 0) is 11.3 Å². The highest BCUT2D eigenvalue weighted by atomic mass is 16.3. The highest BCUT2D eigenvalue weighted by Crippen LogP contribution is 1.97. The zero-order valence-corrected chi connectivity index (χ0v) is 10.3. The number of furan rings is 1. The minimum atomic E-state index is -0.544. The molecule has 1 aromatic heterocycles. The molecule has 0 aliphatic rings. The Kier molecular flexibility index (Phi) is 5.89. The van der Waals surface area contributed by atoms with Crippen LogP contribution in [-0.4, -0.2) is 43.5 Å². The number of hydrogen-bond acceptors (Lipinski definition) is 5. The van der Waals surface area contributed by atoms with Crippen LogP contribution < -0.4 is 16.4 Å². The summed E-state index contributed by atoms with van der Waals surface area (Å²) in [4.78, 5) is 24.5. The molecule has 18 heavy (non-hydrogen) atoms. The van der Waals surface area contributed by atoms with Crippen molar-refractivity contribution in [2.45, 2.75) is 6.54 Å². The molecule has 0 fully saturated rings. The molecule has 0 saturated carbocycles. The van der Waals surface area contributed by atoms with Crippen molar-refractivity contribution in [2.75, 3.05) is 26.7 Å². The number of nitrogens with zero attached hydrogens (tertiary/aromatic N) is 1. The number of nitrogens with one attached hydrogen (secondary N) is 2. The van der Waals surface area contributed by atoms with Crippen molar-refractivity contribution in [2.24, 2.45) is 5.73 Å². The Morgan fingerprint density at radius 1 is 1.50 bits per heavy atom. The highest BCUT2D eigenvalue weighted by molar-refractivity contribution is 5.95. The van der Waals surface area contributed by atoms with Crippen molar-refractivity contribution in [1.29, 1.82) is 0 Å². The maximum absolute atomic E-state index is 11.4. The third-order valence-corrected chi connectivity index (χ3v) is 2.18. The summed E-state index contributed by atoms with van der Waals surface area (Å²) >= 11 is 0. The third-order valence-electron chi connectivity index (χ3n) is 2.18. The fourth-order valence-corrected chi connectivity index (χ4v) is 1.34. The van der Waals surface area contributed by atoms with Gasteiger partial charge in [-0.15, -0.1) is 0 Å². The molecule has 0 aromatic carbocycles. The average Bonchev–Trinajstić information content (AvgIpc) is 2.79. The first-order chi connectivity index (χ1) is 8.61. The molecule has 3 amide bonds. The van der Waals surface area contributed by atoms with Gasteiger partial charge in [0.2, 0.25) is 5.91 Å². The molecular formula is C11H18N4O3. The summed E-state index contributed by atoms with van der Waals surface area (Å²) in [5.41, 5.74) is 5.35. The molecule has 4 N–H and O–H groups in total. The number of carbonyl (C=O) groups is 2. The molecule has 0 radical (unpaired) electrons. The van der Waals surface area contributed by atoms with Crippen molar-refractivity contribution in [1.82, 2.24) is 15.5 Å². The van der Waals surface area contributed by atoms with Gasteiger partial charge >= 0.3 is 6.03 Å². The Hall–Kier alpha value is -1.86. The van der Waals surface area contributed by atoms with E-state index in [1.165, 1.54) is 6.26 Å². The smallest absolute Gasteiger partial charge is 0.321 e. The molecular weight excluding hydrogens is 236 g/mol. The predicted molar refractivity (Wildman–Crippen MR) is 65.6 cm³/mol. The Morgan fingerprint density at radius 2 is 2.28 bits per heavy atom. The van der Waals surface area contributed by atoms with E-state index in [0.717, 1.165) is 0 Å². The maximum atomic E-state index is 11.4. The first-order valence-electron chi connectivity index (χ1n) is 5.60. The number of urea groups is 1. The SMILES string of the molecule is CN(CCN)CC(=O)NC(=O)NCc1ccco1. The Morgan fingerprint density at radius 3 is 2.89 bits per heavy atom. The summed E-state index contributed by atoms with van der Waals surface area (Å²) < 4.78 is 5.04. The lowest BCUT2D eigenvalue weighted by atomic mass is 10.4. The van der Waals surface area contributed by atoms with Crippen molar-refractivity contribution < 1.29 is 14.0 Å². The number of rotatable bonds is 6. The molecule has 7 nitrogen and oxygen atoms in total. The number of imide groups is 1. The minimum Gasteiger partial charge on any atom is -0.467 e. The lowest BCUT2D eigenvalue weighted by Gasteiger charge is -2.14. The highest BCUT2D eigenvalue weighted by Gasteiger charge is 2.09. The molecule has 0 saturated heterocycles. The normalized spacial score (nSPS) is 10.4. The van der Waals surface area contributed by atoms with Gasteiger partial charge in [-0.25, -0.2) is 4.79 Å². The number of carbonyl (C=O) groups excluding carboxylic acids is 2. The fourth-order valence-electron chi connectivity index (χ4n) is 1.34. The van der Waals surface area contributed by atoms with E-state index in [0.29, 0.717) is 18.8 Å². The standard InChI is InChI=1S/C11H18N4O3/c1-15(5-4-12)8-10(16)14-11(17)13-7-9-3-2-6-18-9/h2-3,6H,4-5,7-8,12H2,1H3,(H2,13,14,16,17). The lowest BCUT2D eigenvalue weighted by molar-refractivity contribution is -0.120. The van der Waals surface area contributed by atoms with Gasteiger partial charge in [0.05, 0.1) is 19.4 Å². The molecule has 0 unspecified atom stereocenters. The van der Waals surface area contributed by atoms with Gasteiger partial charge in [0.25, 0.3) is 0 Å². The second-order valence-electron chi connectivity index (χ2n) is 3.84. The van der Waals surface area contributed by atoms with Crippen molar-refractivity contribution >= 4 is 11.9 Å². The van der Waals surface area contributed by atoms with Gasteiger partial charge in [-0.05, 0) is 19.2 Å². The van der Waals surface area contributed by atoms with Gasteiger partial charge < -0.3 is 15.5 Å². The summed E-state index contributed by atoms with van der Waals surface area (Å²) in [6.45, 7) is 1.44. The number of hydrogen-bond donors (Lipinski definition) is 3. The van der Waals surface area contributed by atoms with E-state index in [1.54, 1.807) is 24.1 Å². The summed E-state index contributed by atoms with van der Waals surface area (Å²) in [5, 5.41) is 4.73. The van der Waals surface area contributed by atoms with Crippen LogP contribution in [0, 0.1) is 0 Å². The van der Waals surface area contributed by atoms with E-state index < -0.39 is 6.03 Å². The zero-order chi connectivity index (χ0) is 13.4. The van der Waals surface area contributed by atoms with E-state index in [2.05, 4.69) is 10.6 Å². The fraction of sp³-hybridized carbons (Fsp3) is 0.455. The van der Waals surface area contributed by atoms with Crippen molar-refractivity contribution in [3.05, 3.63) is 24.2 Å². The third kappa shape index (κ3) is 5.46. The van der Waals surface area contributed by atoms with Crippen molar-refractivity contribution in [3.63, 3.8) is 0 Å². The van der Waals surface area contributed by atoms with Crippen LogP contribution in [0.15, 0.2) is 22.8 Å². The van der Waals surface area contributed by atoms with Crippen LogP contribution in [0.3, 0.4) is 0 Å². The van der Waals surface area contributed by atoms with Gasteiger partial charge in [0.1, 0.15) is 5.76 Å². The van der Waals surface area contributed by atoms with E-state index in [4.69, 9.17) is 10.2 Å². The molecule has 1 heterocycles. The van der Waals surface area contributed by atoms with Crippen molar-refractivity contribution in [3.8, 4) is 0 Å². The topological polar surface area (TPSA) is 101 Å². The maximum Gasteiger partial charge on any atom is 0.321 e. The first kappa shape index (κ1) is 14.2. The molecule has 7 heteroatoms. The number of likely N-dealkylation sites (N-methyl/N-ethyl adjacent to an activating group) is 1. The van der Waals surface area contributed by atoms with Gasteiger partial charge in [-0.3, -0.25) is 15.0 Å². The number of nitrogens with two attached hydrogens (primary N) is 1. The van der Waals surface area contributed by atoms with Crippen LogP contribution in [0.4, 0.5) is 4.79 Å². The lowest BCUT2D eigenvalue weighted by Crippen LogP contribution is -2.44. The number of amides is 3. The minimum absolute atomic E-state index is 0.130. The largest absolute Gasteiger partial charge is 0.467 e. The van der Waals surface area contributed by atoms with Gasteiger partial charge in [0.15, 0.2) is 0 Å². The van der Waals surface area contributed by atoms with Crippen LogP contribution >= 0.6 is 0 Å². The summed E-state index contributed by atoms with van der Waals surface area (Å²) in [7, 11) is 1.76. The van der Waals surface area contributed by atoms with Gasteiger partial charge in [-0.1, -0.05) is 0 Å².